The van der Waals surface area contributed by atoms with Gasteiger partial charge in [0, 0.05) is 55.7 Å². The normalized spacial score (nSPS) is 20.4. The number of carbonyl (C=O) groups excluding carboxylic acids is 4. The first-order valence-electron chi connectivity index (χ1n) is 33.9. The second-order valence-corrected chi connectivity index (χ2v) is 24.4. The number of carbonyl (C=O) groups is 4. The molecule has 2 aliphatic heterocycles. The fourth-order valence-corrected chi connectivity index (χ4v) is 13.6. The molecule has 2 heterocycles. The SMILES string of the molecule is C=CN(CCOC(=O)NCCCCCCCCCCCCCCCCCC)c1ccc2c(c1)OC1CC(=[N+](CCOC(=O)NC)CCOC(=O)NCCCCCCCCCCCCCCCCCC)CCC1C21OC(=O)C2CCCCC21. The van der Waals surface area contributed by atoms with Crippen LogP contribution in [0.2, 0.25) is 0 Å². The summed E-state index contributed by atoms with van der Waals surface area (Å²) in [6.45, 7) is 11.6. The highest BCUT2D eigenvalue weighted by molar-refractivity contribution is 5.82. The number of fused-ring (bicyclic) bond motifs is 6. The average Bonchev–Trinajstić information content (AvgIpc) is 4.01. The van der Waals surface area contributed by atoms with E-state index in [-0.39, 0.29) is 49.6 Å². The van der Waals surface area contributed by atoms with Crippen molar-refractivity contribution >= 4 is 35.6 Å². The largest absolute Gasteiger partial charge is 0.489 e. The van der Waals surface area contributed by atoms with Crippen LogP contribution < -0.4 is 25.6 Å². The van der Waals surface area contributed by atoms with Crippen molar-refractivity contribution < 1.29 is 47.4 Å². The van der Waals surface area contributed by atoms with E-state index in [0.717, 1.165) is 81.2 Å². The molecule has 14 heteroatoms. The molecule has 2 saturated carbocycles. The van der Waals surface area contributed by atoms with Crippen LogP contribution in [-0.2, 0) is 29.3 Å². The first kappa shape index (κ1) is 68.3. The van der Waals surface area contributed by atoms with Gasteiger partial charge in [-0.05, 0) is 50.4 Å². The molecule has 5 rings (SSSR count). The summed E-state index contributed by atoms with van der Waals surface area (Å²) < 4.78 is 32.8. The maximum absolute atomic E-state index is 13.9. The van der Waals surface area contributed by atoms with E-state index in [2.05, 4.69) is 47.0 Å². The van der Waals surface area contributed by atoms with Crippen molar-refractivity contribution in [1.29, 1.82) is 0 Å². The fraction of sp³-hybridized carbons (Fsp3) is 0.809. The lowest BCUT2D eigenvalue weighted by Crippen LogP contribution is -2.55. The van der Waals surface area contributed by atoms with E-state index in [1.54, 1.807) is 13.2 Å². The monoisotopic (exact) mass is 1150 g/mol. The summed E-state index contributed by atoms with van der Waals surface area (Å²) in [7, 11) is 1.54. The molecule has 0 aromatic heterocycles. The topological polar surface area (TPSA) is 157 Å². The van der Waals surface area contributed by atoms with Gasteiger partial charge in [-0.25, -0.2) is 19.0 Å². The Morgan fingerprint density at radius 3 is 1.57 bits per heavy atom. The highest BCUT2D eigenvalue weighted by Gasteiger charge is 2.65. The molecule has 2 aliphatic carbocycles. The third-order valence-electron chi connectivity index (χ3n) is 18.3. The van der Waals surface area contributed by atoms with Crippen molar-refractivity contribution in [2.75, 3.05) is 64.5 Å². The van der Waals surface area contributed by atoms with Gasteiger partial charge < -0.3 is 44.5 Å². The second kappa shape index (κ2) is 41.5. The number of ether oxygens (including phenoxy) is 5. The van der Waals surface area contributed by atoms with Gasteiger partial charge in [0.1, 0.15) is 18.5 Å². The van der Waals surface area contributed by atoms with E-state index in [9.17, 15) is 19.2 Å². The molecule has 1 saturated heterocycles. The summed E-state index contributed by atoms with van der Waals surface area (Å²) in [5, 5.41) is 8.42. The van der Waals surface area contributed by atoms with Gasteiger partial charge in [-0.3, -0.25) is 4.79 Å². The number of nitrogens with zero attached hydrogens (tertiary/aromatic N) is 2. The fourth-order valence-electron chi connectivity index (χ4n) is 13.6. The Kier molecular flexibility index (Phi) is 34.6. The van der Waals surface area contributed by atoms with Crippen LogP contribution in [0.4, 0.5) is 20.1 Å². The van der Waals surface area contributed by atoms with Crippen LogP contribution in [0.15, 0.2) is 31.0 Å². The van der Waals surface area contributed by atoms with Crippen LogP contribution in [0.5, 0.6) is 5.75 Å². The molecule has 3 N–H and O–H groups in total. The van der Waals surface area contributed by atoms with Gasteiger partial charge in [0.05, 0.1) is 18.9 Å². The number of anilines is 1. The number of rotatable bonds is 45. The molecule has 4 aliphatic rings. The zero-order valence-corrected chi connectivity index (χ0v) is 52.1. The van der Waals surface area contributed by atoms with Crippen LogP contribution in [0.3, 0.4) is 0 Å². The molecular formula is C68H116N5O9+. The number of amides is 3. The number of nitrogens with one attached hydrogen (secondary N) is 3. The van der Waals surface area contributed by atoms with Gasteiger partial charge >= 0.3 is 24.2 Å². The lowest BCUT2D eigenvalue weighted by molar-refractivity contribution is -0.534. The molecule has 1 aromatic rings. The molecule has 0 radical (unpaired) electrons. The Morgan fingerprint density at radius 2 is 1.09 bits per heavy atom. The van der Waals surface area contributed by atoms with E-state index in [1.807, 2.05) is 17.0 Å². The van der Waals surface area contributed by atoms with Crippen LogP contribution in [0.25, 0.3) is 0 Å². The maximum atomic E-state index is 13.9. The van der Waals surface area contributed by atoms with Gasteiger partial charge in [0.15, 0.2) is 37.6 Å². The molecule has 1 aromatic carbocycles. The van der Waals surface area contributed by atoms with E-state index >= 15 is 0 Å². The van der Waals surface area contributed by atoms with Gasteiger partial charge in [0.2, 0.25) is 0 Å². The van der Waals surface area contributed by atoms with E-state index in [0.29, 0.717) is 44.9 Å². The molecule has 14 nitrogen and oxygen atoms in total. The molecule has 5 atom stereocenters. The minimum atomic E-state index is -0.822. The van der Waals surface area contributed by atoms with Crippen LogP contribution >= 0.6 is 0 Å². The zero-order valence-electron chi connectivity index (χ0n) is 52.1. The Labute approximate surface area is 497 Å². The van der Waals surface area contributed by atoms with Crippen molar-refractivity contribution in [1.82, 2.24) is 16.0 Å². The van der Waals surface area contributed by atoms with Crippen molar-refractivity contribution in [2.45, 2.75) is 276 Å². The molecule has 5 unspecified atom stereocenters. The van der Waals surface area contributed by atoms with Crippen LogP contribution in [0.1, 0.15) is 270 Å². The number of hydrogen-bond acceptors (Lipinski definition) is 10. The Morgan fingerprint density at radius 1 is 0.622 bits per heavy atom. The van der Waals surface area contributed by atoms with Gasteiger partial charge in [0.25, 0.3) is 0 Å². The van der Waals surface area contributed by atoms with Crippen molar-refractivity contribution in [2.24, 2.45) is 17.8 Å². The third kappa shape index (κ3) is 24.2. The van der Waals surface area contributed by atoms with E-state index in [1.165, 1.54) is 180 Å². The number of hydrogen-bond donors (Lipinski definition) is 3. The first-order chi connectivity index (χ1) is 40.2. The highest BCUT2D eigenvalue weighted by atomic mass is 16.6. The van der Waals surface area contributed by atoms with Gasteiger partial charge in [-0.15, -0.1) is 0 Å². The van der Waals surface area contributed by atoms with Crippen molar-refractivity contribution in [3.05, 3.63) is 36.5 Å². The molecule has 3 fully saturated rings. The Bertz CT molecular complexity index is 2000. The lowest BCUT2D eigenvalue weighted by Gasteiger charge is -2.50. The molecule has 3 amide bonds. The van der Waals surface area contributed by atoms with Crippen molar-refractivity contribution in [3.8, 4) is 5.75 Å². The summed E-state index contributed by atoms with van der Waals surface area (Å²) in [5.74, 6) is 0.409. The highest BCUT2D eigenvalue weighted by Crippen LogP contribution is 2.62. The predicted molar refractivity (Wildman–Crippen MR) is 332 cm³/mol. The molecule has 466 valence electrons. The summed E-state index contributed by atoms with van der Waals surface area (Å²) in [5.41, 5.74) is 2.06. The smallest absolute Gasteiger partial charge is 0.407 e. The minimum absolute atomic E-state index is 0.0427. The standard InChI is InChI=1S/C68H115N5O9/c1-5-8-10-12-14-16-18-20-22-24-26-28-30-32-34-38-46-70-66(76)79-51-48-72(7-3)56-42-44-60-62(54-56)81-63-55-57(43-45-61(63)68(60)59-41-37-36-40-58(59)64(74)82-68)73(49-52-78-65(75)69-4)50-53-80-67(77)71-47-39-35-33-31-29-27-25-23-21-19-17-15-13-11-9-6-2/h7,42,44,54,58-59,61,63H,3,5-6,8-41,43,45-53,55H2,1-2,4H3,(H2-,69,70,71,75,76,77)/p+1. The molecular weight excluding hydrogens is 1030 g/mol. The Hall–Kier alpha value is -4.49. The average molecular weight is 1150 g/mol. The summed E-state index contributed by atoms with van der Waals surface area (Å²) in [4.78, 5) is 53.6. The van der Waals surface area contributed by atoms with Crippen molar-refractivity contribution in [3.63, 3.8) is 0 Å². The van der Waals surface area contributed by atoms with E-state index in [4.69, 9.17) is 23.7 Å². The van der Waals surface area contributed by atoms with Crippen LogP contribution in [0, 0.1) is 17.8 Å². The van der Waals surface area contributed by atoms with Gasteiger partial charge in [-0.1, -0.05) is 226 Å². The van der Waals surface area contributed by atoms with Gasteiger partial charge in [-0.2, -0.15) is 0 Å². The quantitative estimate of drug-likeness (QED) is 0.0249. The number of esters is 1. The lowest BCUT2D eigenvalue weighted by atomic mass is 9.60. The van der Waals surface area contributed by atoms with Crippen LogP contribution in [-0.4, -0.2) is 100 Å². The molecule has 0 bridgehead atoms. The predicted octanol–water partition coefficient (Wildman–Crippen LogP) is 16.5. The molecule has 82 heavy (non-hydrogen) atoms. The third-order valence-corrected chi connectivity index (χ3v) is 18.3. The maximum Gasteiger partial charge on any atom is 0.407 e. The Balaban J connectivity index is 1.07. The zero-order chi connectivity index (χ0) is 58.3. The number of unbranched alkanes of at least 4 members (excludes halogenated alkanes) is 30. The summed E-state index contributed by atoms with van der Waals surface area (Å²) >= 11 is 0. The second-order valence-electron chi connectivity index (χ2n) is 24.4. The summed E-state index contributed by atoms with van der Waals surface area (Å²) in [6.07, 6.45) is 47.8. The first-order valence-corrected chi connectivity index (χ1v) is 33.9. The number of alkyl carbamates (subject to hydrolysis) is 3. The van der Waals surface area contributed by atoms with E-state index < -0.39 is 23.9 Å². The minimum Gasteiger partial charge on any atom is -0.489 e. The summed E-state index contributed by atoms with van der Waals surface area (Å²) in [6, 6.07) is 6.14. The number of benzene rings is 1. The molecule has 1 spiro atoms.